The van der Waals surface area contributed by atoms with Crippen molar-refractivity contribution in [3.63, 3.8) is 0 Å². The SMILES string of the molecule is O=C1c2ccc(-c3ccccc3)cc2C(=O)N1c1ccc(S(=O)(=O)O)cc1.c1ccncc1. The summed E-state index contributed by atoms with van der Waals surface area (Å²) in [5, 5.41) is 0. The van der Waals surface area contributed by atoms with Gasteiger partial charge >= 0.3 is 0 Å². The molecule has 0 atom stereocenters. The van der Waals surface area contributed by atoms with E-state index >= 15 is 0 Å². The Balaban J connectivity index is 0.000000376. The third-order valence-corrected chi connectivity index (χ3v) is 5.82. The molecule has 0 bridgehead atoms. The first-order valence-corrected chi connectivity index (χ1v) is 11.3. The van der Waals surface area contributed by atoms with Crippen molar-refractivity contribution in [1.82, 2.24) is 4.98 Å². The summed E-state index contributed by atoms with van der Waals surface area (Å²) in [6, 6.07) is 25.2. The number of hydrogen-bond acceptors (Lipinski definition) is 5. The maximum Gasteiger partial charge on any atom is 0.294 e. The van der Waals surface area contributed by atoms with E-state index in [0.717, 1.165) is 28.2 Å². The number of imide groups is 1. The van der Waals surface area contributed by atoms with Crippen molar-refractivity contribution in [2.45, 2.75) is 4.90 Å². The van der Waals surface area contributed by atoms with Crippen LogP contribution in [0.25, 0.3) is 11.1 Å². The number of rotatable bonds is 3. The van der Waals surface area contributed by atoms with Crippen molar-refractivity contribution in [1.29, 1.82) is 0 Å². The summed E-state index contributed by atoms with van der Waals surface area (Å²) < 4.78 is 31.4. The molecule has 0 fully saturated rings. The number of carbonyl (C=O) groups is 2. The number of amides is 2. The topological polar surface area (TPSA) is 105 Å². The van der Waals surface area contributed by atoms with Gasteiger partial charge in [-0.25, -0.2) is 4.90 Å². The summed E-state index contributed by atoms with van der Waals surface area (Å²) in [6.45, 7) is 0. The number of carbonyl (C=O) groups excluding carboxylic acids is 2. The molecule has 3 aromatic carbocycles. The average Bonchev–Trinajstić information content (AvgIpc) is 3.10. The molecule has 2 heterocycles. The molecule has 5 rings (SSSR count). The lowest BCUT2D eigenvalue weighted by Crippen LogP contribution is -2.29. The van der Waals surface area contributed by atoms with Crippen LogP contribution in [-0.4, -0.2) is 29.8 Å². The van der Waals surface area contributed by atoms with Gasteiger partial charge in [-0.1, -0.05) is 42.5 Å². The molecule has 0 radical (unpaired) electrons. The summed E-state index contributed by atoms with van der Waals surface area (Å²) in [6.07, 6.45) is 3.50. The quantitative estimate of drug-likeness (QED) is 0.358. The molecule has 4 aromatic rings. The Bertz CT molecular complexity index is 1380. The predicted octanol–water partition coefficient (Wildman–Crippen LogP) is 4.48. The van der Waals surface area contributed by atoms with Crippen LogP contribution in [0.3, 0.4) is 0 Å². The zero-order valence-corrected chi connectivity index (χ0v) is 18.0. The third-order valence-electron chi connectivity index (χ3n) is 4.95. The Morgan fingerprint density at radius 1 is 0.667 bits per heavy atom. The highest BCUT2D eigenvalue weighted by Crippen LogP contribution is 2.32. The number of hydrogen-bond donors (Lipinski definition) is 1. The highest BCUT2D eigenvalue weighted by atomic mass is 32.2. The number of nitrogens with zero attached hydrogens (tertiary/aromatic N) is 2. The molecule has 0 spiro atoms. The molecule has 0 saturated carbocycles. The molecule has 0 aliphatic carbocycles. The van der Waals surface area contributed by atoms with E-state index in [-0.39, 0.29) is 10.6 Å². The molecule has 1 aliphatic heterocycles. The van der Waals surface area contributed by atoms with Crippen LogP contribution in [0.2, 0.25) is 0 Å². The van der Waals surface area contributed by atoms with Crippen LogP contribution in [0.15, 0.2) is 108 Å². The van der Waals surface area contributed by atoms with Gasteiger partial charge in [-0.2, -0.15) is 8.42 Å². The first-order chi connectivity index (χ1) is 15.9. The summed E-state index contributed by atoms with van der Waals surface area (Å²) >= 11 is 0. The first kappa shape index (κ1) is 22.1. The first-order valence-electron chi connectivity index (χ1n) is 9.87. The number of fused-ring (bicyclic) bond motifs is 1. The zero-order valence-electron chi connectivity index (χ0n) is 17.2. The molecule has 0 saturated heterocycles. The highest BCUT2D eigenvalue weighted by molar-refractivity contribution is 7.85. The fourth-order valence-corrected chi connectivity index (χ4v) is 3.85. The van der Waals surface area contributed by atoms with E-state index in [1.165, 1.54) is 12.1 Å². The molecule has 1 aromatic heterocycles. The molecule has 1 aliphatic rings. The molecule has 8 heteroatoms. The second-order valence-corrected chi connectivity index (χ2v) is 8.49. The number of aromatic nitrogens is 1. The standard InChI is InChI=1S/C20H13NO5S.C5H5N/c22-19-17-11-6-14(13-4-2-1-3-5-13)12-18(17)20(23)21(19)15-7-9-16(10-8-15)27(24,25)26;1-2-4-6-5-3-1/h1-12H,(H,24,25,26);1-5H. The molecule has 2 amide bonds. The van der Waals surface area contributed by atoms with Crippen molar-refractivity contribution >= 4 is 27.6 Å². The van der Waals surface area contributed by atoms with Crippen molar-refractivity contribution in [2.24, 2.45) is 0 Å². The maximum absolute atomic E-state index is 12.8. The van der Waals surface area contributed by atoms with Gasteiger partial charge in [-0.15, -0.1) is 0 Å². The highest BCUT2D eigenvalue weighted by Gasteiger charge is 2.36. The number of pyridine rings is 1. The van der Waals surface area contributed by atoms with E-state index in [1.807, 2.05) is 48.5 Å². The van der Waals surface area contributed by atoms with Gasteiger partial charge in [0.15, 0.2) is 0 Å². The fourth-order valence-electron chi connectivity index (χ4n) is 3.37. The second-order valence-electron chi connectivity index (χ2n) is 7.07. The maximum atomic E-state index is 12.8. The van der Waals surface area contributed by atoms with E-state index in [2.05, 4.69) is 4.98 Å². The molecule has 1 N–H and O–H groups in total. The van der Waals surface area contributed by atoms with Gasteiger partial charge in [0.1, 0.15) is 0 Å². The lowest BCUT2D eigenvalue weighted by Gasteiger charge is -2.13. The van der Waals surface area contributed by atoms with Crippen LogP contribution in [0.5, 0.6) is 0 Å². The van der Waals surface area contributed by atoms with Crippen molar-refractivity contribution in [3.8, 4) is 11.1 Å². The van der Waals surface area contributed by atoms with Crippen molar-refractivity contribution < 1.29 is 22.6 Å². The Kier molecular flexibility index (Phi) is 6.12. The van der Waals surface area contributed by atoms with Crippen LogP contribution < -0.4 is 4.90 Å². The molecule has 33 heavy (non-hydrogen) atoms. The Morgan fingerprint density at radius 3 is 1.82 bits per heavy atom. The molecule has 0 unspecified atom stereocenters. The van der Waals surface area contributed by atoms with Crippen molar-refractivity contribution in [3.05, 3.63) is 115 Å². The fraction of sp³-hybridized carbons (Fsp3) is 0. The minimum atomic E-state index is -4.35. The third kappa shape index (κ3) is 4.72. The van der Waals surface area contributed by atoms with Gasteiger partial charge in [0.25, 0.3) is 21.9 Å². The zero-order chi connectivity index (χ0) is 23.4. The summed E-state index contributed by atoms with van der Waals surface area (Å²) in [4.78, 5) is 30.0. The van der Waals surface area contributed by atoms with Crippen LogP contribution in [0.1, 0.15) is 20.7 Å². The molecule has 7 nitrogen and oxygen atoms in total. The summed E-state index contributed by atoms with van der Waals surface area (Å²) in [5.74, 6) is -0.957. The van der Waals surface area contributed by atoms with Crippen LogP contribution in [0, 0.1) is 0 Å². The Morgan fingerprint density at radius 2 is 1.27 bits per heavy atom. The van der Waals surface area contributed by atoms with E-state index < -0.39 is 21.9 Å². The lowest BCUT2D eigenvalue weighted by molar-refractivity contribution is 0.0926. The van der Waals surface area contributed by atoms with Crippen molar-refractivity contribution in [2.75, 3.05) is 4.90 Å². The molecular formula is C25H18N2O5S. The monoisotopic (exact) mass is 458 g/mol. The van der Waals surface area contributed by atoms with Crippen LogP contribution in [0.4, 0.5) is 5.69 Å². The van der Waals surface area contributed by atoms with Crippen LogP contribution >= 0.6 is 0 Å². The van der Waals surface area contributed by atoms with E-state index in [0.29, 0.717) is 11.1 Å². The largest absolute Gasteiger partial charge is 0.294 e. The van der Waals surface area contributed by atoms with Gasteiger partial charge in [0.05, 0.1) is 21.7 Å². The summed E-state index contributed by atoms with van der Waals surface area (Å²) in [7, 11) is -4.35. The average molecular weight is 458 g/mol. The van der Waals surface area contributed by atoms with Gasteiger partial charge in [0, 0.05) is 12.4 Å². The molecular weight excluding hydrogens is 440 g/mol. The smallest absolute Gasteiger partial charge is 0.282 e. The Hall–Kier alpha value is -4.14. The molecule has 164 valence electrons. The summed E-state index contributed by atoms with van der Waals surface area (Å²) in [5.41, 5.74) is 2.56. The van der Waals surface area contributed by atoms with E-state index in [9.17, 15) is 18.0 Å². The van der Waals surface area contributed by atoms with Gasteiger partial charge in [-0.05, 0) is 59.7 Å². The van der Waals surface area contributed by atoms with Gasteiger partial charge < -0.3 is 0 Å². The Labute approximate surface area is 190 Å². The number of anilines is 1. The van der Waals surface area contributed by atoms with Crippen LogP contribution in [-0.2, 0) is 10.1 Å². The van der Waals surface area contributed by atoms with Gasteiger partial charge in [0.2, 0.25) is 0 Å². The van der Waals surface area contributed by atoms with E-state index in [4.69, 9.17) is 4.55 Å². The minimum absolute atomic E-state index is 0.231. The van der Waals surface area contributed by atoms with E-state index in [1.54, 1.807) is 30.6 Å². The lowest BCUT2D eigenvalue weighted by atomic mass is 10.0. The number of benzene rings is 3. The minimum Gasteiger partial charge on any atom is -0.282 e. The predicted molar refractivity (Wildman–Crippen MR) is 124 cm³/mol. The second kappa shape index (κ2) is 9.15. The normalized spacial score (nSPS) is 12.7. The van der Waals surface area contributed by atoms with Gasteiger partial charge in [-0.3, -0.25) is 19.1 Å².